The average Bonchev–Trinajstić information content (AvgIpc) is 2.81. The van der Waals surface area contributed by atoms with Crippen LogP contribution in [0.25, 0.3) is 0 Å². The maximum absolute atomic E-state index is 11.5. The van der Waals surface area contributed by atoms with Gasteiger partial charge in [-0.3, -0.25) is 9.59 Å². The summed E-state index contributed by atoms with van der Waals surface area (Å²) in [5.74, 6) is -0.493. The summed E-state index contributed by atoms with van der Waals surface area (Å²) in [6.45, 7) is 6.21. The van der Waals surface area contributed by atoms with Crippen molar-refractivity contribution in [2.75, 3.05) is 72.6 Å². The van der Waals surface area contributed by atoms with Gasteiger partial charge in [-0.2, -0.15) is 0 Å². The first-order valence-electron chi connectivity index (χ1n) is 11.5. The molecule has 1 saturated heterocycles. The molecule has 13 nitrogen and oxygen atoms in total. The largest absolute Gasteiger partial charge is 0.394 e. The zero-order chi connectivity index (χ0) is 25.2. The van der Waals surface area contributed by atoms with E-state index in [4.69, 9.17) is 28.4 Å². The molecule has 1 rings (SSSR count). The molecular formula is C21H40N2O11. The first-order chi connectivity index (χ1) is 16.4. The molecule has 0 aromatic heterocycles. The molecule has 1 aliphatic heterocycles. The summed E-state index contributed by atoms with van der Waals surface area (Å²) in [5.41, 5.74) is 0. The van der Waals surface area contributed by atoms with E-state index in [1.54, 1.807) is 0 Å². The van der Waals surface area contributed by atoms with E-state index < -0.39 is 43.2 Å². The summed E-state index contributed by atoms with van der Waals surface area (Å²) in [4.78, 5) is 22.8. The summed E-state index contributed by atoms with van der Waals surface area (Å²) < 4.78 is 32.2. The molecule has 5 atom stereocenters. The average molecular weight is 497 g/mol. The van der Waals surface area contributed by atoms with Crippen molar-refractivity contribution < 1.29 is 53.3 Å². The fraction of sp³-hybridized carbons (Fsp3) is 0.905. The van der Waals surface area contributed by atoms with E-state index in [1.165, 1.54) is 6.92 Å². The number of aliphatic hydroxyl groups excluding tert-OH is 3. The SMILES string of the molecule is CCOCCC(=O)NCCOCCOCCOCCO[C@@H]1O[C@H](CO)[C@H](O)[C@H](O)[C@H]1NC(C)=O. The molecule has 1 fully saturated rings. The highest BCUT2D eigenvalue weighted by molar-refractivity contribution is 5.75. The highest BCUT2D eigenvalue weighted by Crippen LogP contribution is 2.22. The lowest BCUT2D eigenvalue weighted by molar-refractivity contribution is -0.272. The van der Waals surface area contributed by atoms with Crippen molar-refractivity contribution in [1.29, 1.82) is 0 Å². The quantitative estimate of drug-likeness (QED) is 0.120. The molecule has 34 heavy (non-hydrogen) atoms. The number of ether oxygens (including phenoxy) is 6. The molecule has 0 aliphatic carbocycles. The highest BCUT2D eigenvalue weighted by Gasteiger charge is 2.45. The zero-order valence-electron chi connectivity index (χ0n) is 20.0. The van der Waals surface area contributed by atoms with Crippen LogP contribution < -0.4 is 10.6 Å². The molecule has 0 unspecified atom stereocenters. The number of aliphatic hydroxyl groups is 3. The summed E-state index contributed by atoms with van der Waals surface area (Å²) in [7, 11) is 0. The van der Waals surface area contributed by atoms with Gasteiger partial charge in [0.1, 0.15) is 24.4 Å². The van der Waals surface area contributed by atoms with E-state index >= 15 is 0 Å². The standard InChI is InChI=1S/C21H40N2O11/c1-3-29-6-4-17(26)22-5-7-30-8-9-31-10-11-32-12-13-33-21-18(23-15(2)25)20(28)19(27)16(14-24)34-21/h16,18-21,24,27-28H,3-14H2,1-2H3,(H,22,26)(H,23,25)/t16-,18-,19+,20-,21-/m1/s1. The first kappa shape index (κ1) is 30.6. The van der Waals surface area contributed by atoms with Gasteiger partial charge in [0, 0.05) is 26.5 Å². The van der Waals surface area contributed by atoms with Crippen LogP contribution >= 0.6 is 0 Å². The molecule has 0 aromatic rings. The van der Waals surface area contributed by atoms with E-state index in [9.17, 15) is 24.9 Å². The third kappa shape index (κ3) is 12.9. The Balaban J connectivity index is 2.03. The van der Waals surface area contributed by atoms with Gasteiger partial charge in [-0.1, -0.05) is 0 Å². The number of nitrogens with one attached hydrogen (secondary N) is 2. The van der Waals surface area contributed by atoms with E-state index in [2.05, 4.69) is 10.6 Å². The minimum atomic E-state index is -1.36. The fourth-order valence-corrected chi connectivity index (χ4v) is 3.04. The Morgan fingerprint density at radius 3 is 2.09 bits per heavy atom. The lowest BCUT2D eigenvalue weighted by Gasteiger charge is -2.42. The summed E-state index contributed by atoms with van der Waals surface area (Å²) in [5, 5.41) is 34.7. The van der Waals surface area contributed by atoms with Gasteiger partial charge >= 0.3 is 0 Å². The third-order valence-corrected chi connectivity index (χ3v) is 4.75. The van der Waals surface area contributed by atoms with E-state index in [0.29, 0.717) is 59.2 Å². The van der Waals surface area contributed by atoms with Gasteiger partial charge in [-0.05, 0) is 6.92 Å². The van der Waals surface area contributed by atoms with Crippen molar-refractivity contribution in [1.82, 2.24) is 10.6 Å². The Morgan fingerprint density at radius 1 is 0.882 bits per heavy atom. The van der Waals surface area contributed by atoms with Gasteiger partial charge in [0.05, 0.1) is 59.5 Å². The fourth-order valence-electron chi connectivity index (χ4n) is 3.04. The molecule has 2 amide bonds. The summed E-state index contributed by atoms with van der Waals surface area (Å²) in [6.07, 6.45) is -4.46. The Hall–Kier alpha value is -1.42. The van der Waals surface area contributed by atoms with Gasteiger partial charge in [-0.15, -0.1) is 0 Å². The Labute approximate surface area is 200 Å². The van der Waals surface area contributed by atoms with Crippen LogP contribution in [0.15, 0.2) is 0 Å². The molecule has 5 N–H and O–H groups in total. The summed E-state index contributed by atoms with van der Waals surface area (Å²) >= 11 is 0. The molecular weight excluding hydrogens is 456 g/mol. The maximum atomic E-state index is 11.5. The third-order valence-electron chi connectivity index (χ3n) is 4.75. The van der Waals surface area contributed by atoms with E-state index in [1.807, 2.05) is 6.92 Å². The van der Waals surface area contributed by atoms with Gasteiger partial charge < -0.3 is 54.4 Å². The number of hydrogen-bond acceptors (Lipinski definition) is 11. The van der Waals surface area contributed by atoms with Crippen LogP contribution in [0.2, 0.25) is 0 Å². The lowest BCUT2D eigenvalue weighted by Crippen LogP contribution is -2.64. The van der Waals surface area contributed by atoms with Crippen LogP contribution in [-0.2, 0) is 38.0 Å². The van der Waals surface area contributed by atoms with Crippen molar-refractivity contribution in [3.8, 4) is 0 Å². The topological polar surface area (TPSA) is 174 Å². The van der Waals surface area contributed by atoms with Crippen LogP contribution in [0.4, 0.5) is 0 Å². The second-order valence-electron chi connectivity index (χ2n) is 7.44. The van der Waals surface area contributed by atoms with Crippen molar-refractivity contribution in [3.63, 3.8) is 0 Å². The van der Waals surface area contributed by atoms with Crippen molar-refractivity contribution in [2.45, 2.75) is 50.9 Å². The predicted molar refractivity (Wildman–Crippen MR) is 118 cm³/mol. The molecule has 13 heteroatoms. The Morgan fingerprint density at radius 2 is 1.50 bits per heavy atom. The van der Waals surface area contributed by atoms with Gasteiger partial charge in [0.15, 0.2) is 6.29 Å². The zero-order valence-corrected chi connectivity index (χ0v) is 20.0. The van der Waals surface area contributed by atoms with Crippen molar-refractivity contribution in [2.24, 2.45) is 0 Å². The minimum absolute atomic E-state index is 0.0721. The molecule has 0 radical (unpaired) electrons. The van der Waals surface area contributed by atoms with Crippen LogP contribution in [0.3, 0.4) is 0 Å². The van der Waals surface area contributed by atoms with Crippen molar-refractivity contribution >= 4 is 11.8 Å². The number of amides is 2. The monoisotopic (exact) mass is 496 g/mol. The van der Waals surface area contributed by atoms with Gasteiger partial charge in [0.2, 0.25) is 11.8 Å². The van der Waals surface area contributed by atoms with Crippen LogP contribution in [0.5, 0.6) is 0 Å². The van der Waals surface area contributed by atoms with Crippen LogP contribution in [0, 0.1) is 0 Å². The molecule has 0 aromatic carbocycles. The maximum Gasteiger partial charge on any atom is 0.222 e. The minimum Gasteiger partial charge on any atom is -0.394 e. The Kier molecular flexibility index (Phi) is 17.0. The van der Waals surface area contributed by atoms with E-state index in [0.717, 1.165) is 0 Å². The normalized spacial score (nSPS) is 24.7. The summed E-state index contributed by atoms with van der Waals surface area (Å²) in [6, 6.07) is -0.984. The van der Waals surface area contributed by atoms with Crippen LogP contribution in [-0.4, -0.2) is 130 Å². The molecule has 1 heterocycles. The lowest BCUT2D eigenvalue weighted by atomic mass is 9.97. The second kappa shape index (κ2) is 18.9. The van der Waals surface area contributed by atoms with Crippen molar-refractivity contribution in [3.05, 3.63) is 0 Å². The van der Waals surface area contributed by atoms with Crippen LogP contribution in [0.1, 0.15) is 20.3 Å². The second-order valence-corrected chi connectivity index (χ2v) is 7.44. The number of carbonyl (C=O) groups is 2. The van der Waals surface area contributed by atoms with Gasteiger partial charge in [0.25, 0.3) is 0 Å². The molecule has 0 bridgehead atoms. The molecule has 0 spiro atoms. The molecule has 200 valence electrons. The van der Waals surface area contributed by atoms with E-state index in [-0.39, 0.29) is 19.1 Å². The molecule has 0 saturated carbocycles. The number of rotatable bonds is 19. The Bertz CT molecular complexity index is 555. The number of carbonyl (C=O) groups excluding carboxylic acids is 2. The highest BCUT2D eigenvalue weighted by atomic mass is 16.7. The first-order valence-corrected chi connectivity index (χ1v) is 11.5. The molecule has 1 aliphatic rings. The smallest absolute Gasteiger partial charge is 0.222 e. The predicted octanol–water partition coefficient (Wildman–Crippen LogP) is -2.46. The number of hydrogen-bond donors (Lipinski definition) is 5. The van der Waals surface area contributed by atoms with Gasteiger partial charge in [-0.25, -0.2) is 0 Å².